The van der Waals surface area contributed by atoms with Gasteiger partial charge in [-0.1, -0.05) is 32.7 Å². The summed E-state index contributed by atoms with van der Waals surface area (Å²) in [6, 6.07) is 9.17. The molecular formula is C14H9BrClN3O. The summed E-state index contributed by atoms with van der Waals surface area (Å²) in [5, 5.41) is 4.67. The second kappa shape index (κ2) is 5.26. The first kappa shape index (κ1) is 13.1. The molecule has 0 saturated carbocycles. The Labute approximate surface area is 128 Å². The van der Waals surface area contributed by atoms with Gasteiger partial charge in [0.05, 0.1) is 5.56 Å². The van der Waals surface area contributed by atoms with Crippen LogP contribution in [0.1, 0.15) is 0 Å². The van der Waals surface area contributed by atoms with E-state index in [2.05, 4.69) is 26.1 Å². The van der Waals surface area contributed by atoms with Gasteiger partial charge in [0, 0.05) is 27.5 Å². The Morgan fingerprint density at radius 3 is 2.65 bits per heavy atom. The van der Waals surface area contributed by atoms with Crippen LogP contribution in [0.25, 0.3) is 22.4 Å². The maximum absolute atomic E-state index is 6.05. The number of nitrogen functional groups attached to an aromatic ring is 1. The molecule has 2 heterocycles. The lowest BCUT2D eigenvalue weighted by atomic mass is 10.0. The number of hydrogen-bond donors (Lipinski definition) is 1. The highest BCUT2D eigenvalue weighted by molar-refractivity contribution is 9.10. The summed E-state index contributed by atoms with van der Waals surface area (Å²) in [4.78, 5) is 4.00. The molecule has 0 unspecified atom stereocenters. The quantitative estimate of drug-likeness (QED) is 0.744. The van der Waals surface area contributed by atoms with E-state index in [1.807, 2.05) is 24.3 Å². The van der Waals surface area contributed by atoms with Gasteiger partial charge in [0.15, 0.2) is 0 Å². The van der Waals surface area contributed by atoms with Crippen LogP contribution >= 0.6 is 27.5 Å². The number of nitrogens with two attached hydrogens (primary N) is 1. The minimum atomic E-state index is 0.262. The molecule has 0 fully saturated rings. The number of nitrogens with zero attached hydrogens (tertiary/aromatic N) is 2. The predicted octanol–water partition coefficient (Wildman–Crippen LogP) is 4.40. The van der Waals surface area contributed by atoms with Gasteiger partial charge in [0.2, 0.25) is 5.88 Å². The molecule has 1 aromatic carbocycles. The van der Waals surface area contributed by atoms with Crippen molar-refractivity contribution >= 4 is 33.4 Å². The fourth-order valence-corrected chi connectivity index (χ4v) is 2.57. The summed E-state index contributed by atoms with van der Waals surface area (Å²) in [5.74, 6) is 0.262. The maximum Gasteiger partial charge on any atom is 0.230 e. The summed E-state index contributed by atoms with van der Waals surface area (Å²) in [6.45, 7) is 0. The van der Waals surface area contributed by atoms with E-state index in [0.29, 0.717) is 10.7 Å². The normalized spacial score (nSPS) is 10.7. The number of benzene rings is 1. The zero-order valence-electron chi connectivity index (χ0n) is 10.2. The highest BCUT2D eigenvalue weighted by Crippen LogP contribution is 2.39. The topological polar surface area (TPSA) is 64.9 Å². The van der Waals surface area contributed by atoms with E-state index < -0.39 is 0 Å². The Morgan fingerprint density at radius 1 is 1.15 bits per heavy atom. The van der Waals surface area contributed by atoms with Crippen molar-refractivity contribution in [2.75, 3.05) is 5.73 Å². The molecule has 0 saturated heterocycles. The van der Waals surface area contributed by atoms with Gasteiger partial charge >= 0.3 is 0 Å². The second-order valence-corrected chi connectivity index (χ2v) is 5.42. The molecule has 0 amide bonds. The molecule has 0 aliphatic heterocycles. The lowest BCUT2D eigenvalue weighted by molar-refractivity contribution is 0.439. The van der Waals surface area contributed by atoms with Gasteiger partial charge in [-0.15, -0.1) is 0 Å². The monoisotopic (exact) mass is 349 g/mol. The molecule has 0 aliphatic rings. The first-order valence-corrected chi connectivity index (χ1v) is 6.95. The number of hydrogen-bond acceptors (Lipinski definition) is 4. The number of anilines is 1. The molecule has 20 heavy (non-hydrogen) atoms. The molecule has 0 spiro atoms. The van der Waals surface area contributed by atoms with Crippen LogP contribution in [0.3, 0.4) is 0 Å². The molecule has 0 radical (unpaired) electrons. The van der Waals surface area contributed by atoms with E-state index >= 15 is 0 Å². The molecule has 4 nitrogen and oxygen atoms in total. The van der Waals surface area contributed by atoms with E-state index in [9.17, 15) is 0 Å². The Morgan fingerprint density at radius 2 is 1.90 bits per heavy atom. The van der Waals surface area contributed by atoms with Crippen LogP contribution in [0.5, 0.6) is 0 Å². The van der Waals surface area contributed by atoms with E-state index in [1.165, 1.54) is 0 Å². The Hall–Kier alpha value is -1.85. The Balaban J connectivity index is 2.24. The third-order valence-corrected chi connectivity index (χ3v) is 3.80. The van der Waals surface area contributed by atoms with Gasteiger partial charge in [-0.05, 0) is 35.9 Å². The van der Waals surface area contributed by atoms with Crippen LogP contribution < -0.4 is 5.73 Å². The van der Waals surface area contributed by atoms with Crippen molar-refractivity contribution in [3.8, 4) is 22.4 Å². The van der Waals surface area contributed by atoms with Gasteiger partial charge in [-0.25, -0.2) is 0 Å². The van der Waals surface area contributed by atoms with Crippen LogP contribution in [-0.4, -0.2) is 10.1 Å². The Kier molecular flexibility index (Phi) is 3.46. The molecular weight excluding hydrogens is 342 g/mol. The van der Waals surface area contributed by atoms with Crippen LogP contribution in [-0.2, 0) is 0 Å². The molecule has 2 N–H and O–H groups in total. The van der Waals surface area contributed by atoms with Crippen molar-refractivity contribution in [1.82, 2.24) is 10.1 Å². The summed E-state index contributed by atoms with van der Waals surface area (Å²) in [7, 11) is 0. The van der Waals surface area contributed by atoms with Crippen LogP contribution in [0.15, 0.2) is 51.7 Å². The van der Waals surface area contributed by atoms with Crippen LogP contribution in [0, 0.1) is 0 Å². The standard InChI is InChI=1S/C14H9BrClN3O/c15-11-2-1-9(16)7-10(11)13-12(14(17)20-19-13)8-3-5-18-6-4-8/h1-7H,17H2. The van der Waals surface area contributed by atoms with E-state index in [0.717, 1.165) is 21.2 Å². The minimum absolute atomic E-state index is 0.262. The molecule has 2 aromatic heterocycles. The molecule has 100 valence electrons. The highest BCUT2D eigenvalue weighted by atomic mass is 79.9. The lowest BCUT2D eigenvalue weighted by Crippen LogP contribution is -1.89. The maximum atomic E-state index is 6.05. The van der Waals surface area contributed by atoms with Gasteiger partial charge < -0.3 is 10.3 Å². The highest BCUT2D eigenvalue weighted by Gasteiger charge is 2.19. The van der Waals surface area contributed by atoms with Crippen molar-refractivity contribution < 1.29 is 4.52 Å². The zero-order chi connectivity index (χ0) is 14.1. The summed E-state index contributed by atoms with van der Waals surface area (Å²) < 4.78 is 6.01. The first-order chi connectivity index (χ1) is 9.66. The Bertz CT molecular complexity index is 758. The molecule has 6 heteroatoms. The fraction of sp³-hybridized carbons (Fsp3) is 0. The molecule has 0 atom stereocenters. The van der Waals surface area contributed by atoms with Crippen molar-refractivity contribution in [3.05, 3.63) is 52.2 Å². The number of rotatable bonds is 2. The van der Waals surface area contributed by atoms with Crippen molar-refractivity contribution in [2.45, 2.75) is 0 Å². The van der Waals surface area contributed by atoms with Gasteiger partial charge in [-0.3, -0.25) is 4.98 Å². The molecule has 0 aliphatic carbocycles. The third-order valence-electron chi connectivity index (χ3n) is 2.87. The largest absolute Gasteiger partial charge is 0.367 e. The lowest BCUT2D eigenvalue weighted by Gasteiger charge is -2.05. The first-order valence-electron chi connectivity index (χ1n) is 5.78. The van der Waals surface area contributed by atoms with E-state index in [1.54, 1.807) is 18.5 Å². The van der Waals surface area contributed by atoms with Crippen LogP contribution in [0.4, 0.5) is 5.88 Å². The fourth-order valence-electron chi connectivity index (χ4n) is 1.96. The molecule has 3 aromatic rings. The van der Waals surface area contributed by atoms with Gasteiger partial charge in [0.1, 0.15) is 5.69 Å². The molecule has 3 rings (SSSR count). The van der Waals surface area contributed by atoms with Gasteiger partial charge in [0.25, 0.3) is 0 Å². The number of halogens is 2. The number of pyridine rings is 1. The second-order valence-electron chi connectivity index (χ2n) is 4.13. The average Bonchev–Trinajstić information content (AvgIpc) is 2.84. The third kappa shape index (κ3) is 2.30. The SMILES string of the molecule is Nc1onc(-c2cc(Cl)ccc2Br)c1-c1ccncc1. The van der Waals surface area contributed by atoms with E-state index in [-0.39, 0.29) is 5.88 Å². The number of aromatic nitrogens is 2. The minimum Gasteiger partial charge on any atom is -0.367 e. The average molecular weight is 351 g/mol. The summed E-state index contributed by atoms with van der Waals surface area (Å²) in [5.41, 5.74) is 8.99. The zero-order valence-corrected chi connectivity index (χ0v) is 12.5. The summed E-state index contributed by atoms with van der Waals surface area (Å²) >= 11 is 9.54. The predicted molar refractivity (Wildman–Crippen MR) is 82.3 cm³/mol. The van der Waals surface area contributed by atoms with Crippen molar-refractivity contribution in [2.24, 2.45) is 0 Å². The van der Waals surface area contributed by atoms with Crippen molar-refractivity contribution in [3.63, 3.8) is 0 Å². The van der Waals surface area contributed by atoms with Crippen molar-refractivity contribution in [1.29, 1.82) is 0 Å². The van der Waals surface area contributed by atoms with Crippen LogP contribution in [0.2, 0.25) is 5.02 Å². The summed E-state index contributed by atoms with van der Waals surface area (Å²) in [6.07, 6.45) is 3.39. The molecule has 0 bridgehead atoms. The van der Waals surface area contributed by atoms with E-state index in [4.69, 9.17) is 21.9 Å². The van der Waals surface area contributed by atoms with Gasteiger partial charge in [-0.2, -0.15) is 0 Å². The smallest absolute Gasteiger partial charge is 0.230 e.